The molecule has 0 radical (unpaired) electrons. The molecule has 1 saturated heterocycles. The molecule has 1 aliphatic heterocycles. The van der Waals surface area contributed by atoms with Gasteiger partial charge in [-0.1, -0.05) is 0 Å². The number of hydrogen-bond acceptors (Lipinski definition) is 4. The quantitative estimate of drug-likeness (QED) is 0.824. The molecule has 0 amide bonds. The van der Waals surface area contributed by atoms with Crippen LogP contribution in [0.25, 0.3) is 0 Å². The first kappa shape index (κ1) is 11.6. The lowest BCUT2D eigenvalue weighted by Gasteiger charge is -2.37. The van der Waals surface area contributed by atoms with E-state index in [1.54, 1.807) is 6.26 Å². The van der Waals surface area contributed by atoms with Gasteiger partial charge in [0.1, 0.15) is 5.76 Å². The summed E-state index contributed by atoms with van der Waals surface area (Å²) < 4.78 is 5.52. The third kappa shape index (κ3) is 2.64. The number of likely N-dealkylation sites (N-methyl/N-ethyl adjacent to an activating group) is 1. The zero-order chi connectivity index (χ0) is 11.4. The predicted molar refractivity (Wildman–Crippen MR) is 64.2 cm³/mol. The van der Waals surface area contributed by atoms with Gasteiger partial charge in [0.05, 0.1) is 12.3 Å². The van der Waals surface area contributed by atoms with Crippen molar-refractivity contribution in [2.24, 2.45) is 5.73 Å². The first-order valence-electron chi connectivity index (χ1n) is 5.97. The minimum absolute atomic E-state index is 0.355. The van der Waals surface area contributed by atoms with Crippen molar-refractivity contribution in [3.63, 3.8) is 0 Å². The summed E-state index contributed by atoms with van der Waals surface area (Å²) in [6.45, 7) is 5.16. The van der Waals surface area contributed by atoms with Gasteiger partial charge in [0.25, 0.3) is 0 Å². The molecule has 0 aromatic carbocycles. The Kier molecular flexibility index (Phi) is 3.98. The minimum atomic E-state index is 0.355. The standard InChI is InChI=1S/C12H21N3O/c1-14-6-8-15(9-7-14)11(4-5-13)12-3-2-10-16-12/h2-3,10-11H,4-9,13H2,1H3. The second kappa shape index (κ2) is 5.48. The molecule has 1 atom stereocenters. The van der Waals surface area contributed by atoms with Crippen molar-refractivity contribution < 1.29 is 4.42 Å². The van der Waals surface area contributed by atoms with Gasteiger partial charge in [0.15, 0.2) is 0 Å². The van der Waals surface area contributed by atoms with E-state index in [4.69, 9.17) is 10.2 Å². The summed E-state index contributed by atoms with van der Waals surface area (Å²) >= 11 is 0. The average Bonchev–Trinajstić information content (AvgIpc) is 2.81. The van der Waals surface area contributed by atoms with E-state index in [2.05, 4.69) is 22.9 Å². The molecule has 1 aliphatic rings. The van der Waals surface area contributed by atoms with Crippen molar-refractivity contribution in [1.82, 2.24) is 9.80 Å². The molecule has 1 aromatic heterocycles. The van der Waals surface area contributed by atoms with Gasteiger partial charge in [-0.2, -0.15) is 0 Å². The smallest absolute Gasteiger partial charge is 0.120 e. The van der Waals surface area contributed by atoms with Crippen molar-refractivity contribution in [2.75, 3.05) is 39.8 Å². The van der Waals surface area contributed by atoms with E-state index >= 15 is 0 Å². The average molecular weight is 223 g/mol. The summed E-state index contributed by atoms with van der Waals surface area (Å²) in [7, 11) is 2.17. The van der Waals surface area contributed by atoms with Crippen LogP contribution in [0.4, 0.5) is 0 Å². The Morgan fingerprint density at radius 2 is 2.12 bits per heavy atom. The van der Waals surface area contributed by atoms with E-state index in [0.717, 1.165) is 38.4 Å². The van der Waals surface area contributed by atoms with Crippen molar-refractivity contribution in [1.29, 1.82) is 0 Å². The molecule has 2 N–H and O–H groups in total. The van der Waals surface area contributed by atoms with Crippen LogP contribution in [0.1, 0.15) is 18.2 Å². The fourth-order valence-electron chi connectivity index (χ4n) is 2.28. The molecule has 2 rings (SSSR count). The molecule has 0 bridgehead atoms. The summed E-state index contributed by atoms with van der Waals surface area (Å²) in [5.74, 6) is 1.05. The van der Waals surface area contributed by atoms with Crippen molar-refractivity contribution in [2.45, 2.75) is 12.5 Å². The van der Waals surface area contributed by atoms with Crippen LogP contribution in [-0.2, 0) is 0 Å². The van der Waals surface area contributed by atoms with Crippen LogP contribution >= 0.6 is 0 Å². The first-order chi connectivity index (χ1) is 7.81. The minimum Gasteiger partial charge on any atom is -0.468 e. The van der Waals surface area contributed by atoms with E-state index in [0.29, 0.717) is 12.6 Å². The Bertz CT molecular complexity index is 291. The van der Waals surface area contributed by atoms with Crippen LogP contribution in [0.2, 0.25) is 0 Å². The Morgan fingerprint density at radius 1 is 1.38 bits per heavy atom. The third-order valence-electron chi connectivity index (χ3n) is 3.29. The highest BCUT2D eigenvalue weighted by Gasteiger charge is 2.24. The van der Waals surface area contributed by atoms with Crippen LogP contribution in [0.3, 0.4) is 0 Å². The maximum Gasteiger partial charge on any atom is 0.120 e. The van der Waals surface area contributed by atoms with Crippen LogP contribution in [-0.4, -0.2) is 49.6 Å². The summed E-state index contributed by atoms with van der Waals surface area (Å²) in [5, 5.41) is 0. The second-order valence-corrected chi connectivity index (χ2v) is 4.45. The van der Waals surface area contributed by atoms with E-state index in [-0.39, 0.29) is 0 Å². The molecular weight excluding hydrogens is 202 g/mol. The van der Waals surface area contributed by atoms with Crippen molar-refractivity contribution >= 4 is 0 Å². The molecule has 90 valence electrons. The maximum absolute atomic E-state index is 5.69. The van der Waals surface area contributed by atoms with E-state index < -0.39 is 0 Å². The molecule has 4 nitrogen and oxygen atoms in total. The molecule has 1 unspecified atom stereocenters. The normalized spacial score (nSPS) is 21.1. The van der Waals surface area contributed by atoms with Gasteiger partial charge in [-0.05, 0) is 32.1 Å². The van der Waals surface area contributed by atoms with Gasteiger partial charge in [-0.15, -0.1) is 0 Å². The van der Waals surface area contributed by atoms with Gasteiger partial charge >= 0.3 is 0 Å². The Balaban J connectivity index is 2.02. The summed E-state index contributed by atoms with van der Waals surface area (Å²) in [5.41, 5.74) is 5.69. The van der Waals surface area contributed by atoms with Gasteiger partial charge in [0, 0.05) is 26.2 Å². The molecule has 16 heavy (non-hydrogen) atoms. The highest BCUT2D eigenvalue weighted by molar-refractivity contribution is 5.05. The van der Waals surface area contributed by atoms with Crippen LogP contribution in [0, 0.1) is 0 Å². The fraction of sp³-hybridized carbons (Fsp3) is 0.667. The number of hydrogen-bond donors (Lipinski definition) is 1. The van der Waals surface area contributed by atoms with Crippen LogP contribution in [0.5, 0.6) is 0 Å². The van der Waals surface area contributed by atoms with Crippen molar-refractivity contribution in [3.8, 4) is 0 Å². The highest BCUT2D eigenvalue weighted by atomic mass is 16.3. The Hall–Kier alpha value is -0.840. The summed E-state index contributed by atoms with van der Waals surface area (Å²) in [4.78, 5) is 4.84. The third-order valence-corrected chi connectivity index (χ3v) is 3.29. The van der Waals surface area contributed by atoms with Crippen LogP contribution in [0.15, 0.2) is 22.8 Å². The summed E-state index contributed by atoms with van der Waals surface area (Å²) in [6.07, 6.45) is 2.71. The maximum atomic E-state index is 5.69. The number of rotatable bonds is 4. The second-order valence-electron chi connectivity index (χ2n) is 4.45. The molecule has 4 heteroatoms. The Labute approximate surface area is 97.0 Å². The fourth-order valence-corrected chi connectivity index (χ4v) is 2.28. The SMILES string of the molecule is CN1CCN(C(CCN)c2ccco2)CC1. The van der Waals surface area contributed by atoms with E-state index in [1.165, 1.54) is 0 Å². The molecule has 0 aliphatic carbocycles. The number of piperazine rings is 1. The Morgan fingerprint density at radius 3 is 2.69 bits per heavy atom. The molecule has 2 heterocycles. The summed E-state index contributed by atoms with van der Waals surface area (Å²) in [6, 6.07) is 4.36. The van der Waals surface area contributed by atoms with E-state index in [1.807, 2.05) is 6.07 Å². The zero-order valence-corrected chi connectivity index (χ0v) is 9.93. The number of nitrogens with two attached hydrogens (primary N) is 1. The van der Waals surface area contributed by atoms with Gasteiger partial charge in [0.2, 0.25) is 0 Å². The molecular formula is C12H21N3O. The number of furan rings is 1. The zero-order valence-electron chi connectivity index (χ0n) is 9.93. The van der Waals surface area contributed by atoms with Gasteiger partial charge in [-0.3, -0.25) is 4.90 Å². The lowest BCUT2D eigenvalue weighted by atomic mass is 10.1. The molecule has 1 fully saturated rings. The van der Waals surface area contributed by atoms with Crippen LogP contribution < -0.4 is 5.73 Å². The lowest BCUT2D eigenvalue weighted by Crippen LogP contribution is -2.46. The van der Waals surface area contributed by atoms with Crippen molar-refractivity contribution in [3.05, 3.63) is 24.2 Å². The largest absolute Gasteiger partial charge is 0.468 e. The topological polar surface area (TPSA) is 45.6 Å². The number of nitrogens with zero attached hydrogens (tertiary/aromatic N) is 2. The van der Waals surface area contributed by atoms with Gasteiger partial charge in [-0.25, -0.2) is 0 Å². The predicted octanol–water partition coefficient (Wildman–Crippen LogP) is 0.917. The lowest BCUT2D eigenvalue weighted by molar-refractivity contribution is 0.0965. The van der Waals surface area contributed by atoms with E-state index in [9.17, 15) is 0 Å². The van der Waals surface area contributed by atoms with Gasteiger partial charge < -0.3 is 15.1 Å². The molecule has 1 aromatic rings. The monoisotopic (exact) mass is 223 g/mol. The highest BCUT2D eigenvalue weighted by Crippen LogP contribution is 2.25. The molecule has 0 saturated carbocycles. The first-order valence-corrected chi connectivity index (χ1v) is 5.97. The molecule has 0 spiro atoms.